The van der Waals surface area contributed by atoms with E-state index in [1.807, 2.05) is 18.7 Å². The average molecular weight is 184 g/mol. The Balaban J connectivity index is 2.47. The molecule has 2 N–H and O–H groups in total. The molecule has 3 nitrogen and oxygen atoms in total. The van der Waals surface area contributed by atoms with Crippen molar-refractivity contribution in [2.45, 2.75) is 39.2 Å². The quantitative estimate of drug-likeness (QED) is 0.710. The van der Waals surface area contributed by atoms with Crippen molar-refractivity contribution in [1.82, 2.24) is 4.90 Å². The molecule has 2 atom stereocenters. The van der Waals surface area contributed by atoms with Gasteiger partial charge in [0, 0.05) is 25.0 Å². The summed E-state index contributed by atoms with van der Waals surface area (Å²) < 4.78 is 0. The van der Waals surface area contributed by atoms with E-state index in [-0.39, 0.29) is 12.0 Å². The summed E-state index contributed by atoms with van der Waals surface area (Å²) in [6.07, 6.45) is 2.88. The van der Waals surface area contributed by atoms with E-state index in [0.29, 0.717) is 5.91 Å². The highest BCUT2D eigenvalue weighted by molar-refractivity contribution is 5.79. The van der Waals surface area contributed by atoms with E-state index in [4.69, 9.17) is 5.73 Å². The van der Waals surface area contributed by atoms with Crippen LogP contribution in [0.5, 0.6) is 0 Å². The molecular weight excluding hydrogens is 164 g/mol. The van der Waals surface area contributed by atoms with Crippen LogP contribution in [0.1, 0.15) is 33.1 Å². The van der Waals surface area contributed by atoms with Crippen LogP contribution < -0.4 is 5.73 Å². The molecule has 0 radical (unpaired) electrons. The summed E-state index contributed by atoms with van der Waals surface area (Å²) in [6.45, 7) is 5.69. The first kappa shape index (κ1) is 10.5. The van der Waals surface area contributed by atoms with E-state index in [0.717, 1.165) is 32.4 Å². The van der Waals surface area contributed by atoms with Crippen molar-refractivity contribution in [3.63, 3.8) is 0 Å². The van der Waals surface area contributed by atoms with Gasteiger partial charge in [0.05, 0.1) is 0 Å². The van der Waals surface area contributed by atoms with Gasteiger partial charge in [-0.3, -0.25) is 4.79 Å². The van der Waals surface area contributed by atoms with Crippen molar-refractivity contribution in [1.29, 1.82) is 0 Å². The number of hydrogen-bond donors (Lipinski definition) is 1. The third-order valence-corrected chi connectivity index (χ3v) is 2.90. The minimum atomic E-state index is 0.204. The van der Waals surface area contributed by atoms with Gasteiger partial charge in [-0.05, 0) is 33.1 Å². The number of rotatable bonds is 3. The molecule has 13 heavy (non-hydrogen) atoms. The molecule has 1 aliphatic carbocycles. The summed E-state index contributed by atoms with van der Waals surface area (Å²) in [4.78, 5) is 13.7. The minimum Gasteiger partial charge on any atom is -0.343 e. The van der Waals surface area contributed by atoms with Crippen LogP contribution in [0.15, 0.2) is 0 Å². The summed E-state index contributed by atoms with van der Waals surface area (Å²) in [7, 11) is 0. The maximum Gasteiger partial charge on any atom is 0.225 e. The smallest absolute Gasteiger partial charge is 0.225 e. The molecular formula is C10H20N2O. The Kier molecular flexibility index (Phi) is 3.72. The zero-order chi connectivity index (χ0) is 9.84. The number of hydrogen-bond acceptors (Lipinski definition) is 2. The maximum absolute atomic E-state index is 11.8. The Morgan fingerprint density at radius 1 is 1.38 bits per heavy atom. The zero-order valence-corrected chi connectivity index (χ0v) is 8.62. The van der Waals surface area contributed by atoms with Crippen LogP contribution in [0.4, 0.5) is 0 Å². The van der Waals surface area contributed by atoms with Crippen molar-refractivity contribution in [2.75, 3.05) is 13.1 Å². The Morgan fingerprint density at radius 3 is 2.38 bits per heavy atom. The summed E-state index contributed by atoms with van der Waals surface area (Å²) in [6, 6.07) is 0.254. The molecule has 1 fully saturated rings. The molecule has 0 heterocycles. The first-order valence-corrected chi connectivity index (χ1v) is 5.23. The van der Waals surface area contributed by atoms with Crippen molar-refractivity contribution in [3.05, 3.63) is 0 Å². The van der Waals surface area contributed by atoms with Crippen molar-refractivity contribution in [2.24, 2.45) is 11.7 Å². The third-order valence-electron chi connectivity index (χ3n) is 2.90. The Bertz CT molecular complexity index is 178. The van der Waals surface area contributed by atoms with Gasteiger partial charge >= 0.3 is 0 Å². The molecule has 0 aromatic heterocycles. The minimum absolute atomic E-state index is 0.204. The summed E-state index contributed by atoms with van der Waals surface area (Å²) >= 11 is 0. The molecule has 0 saturated heterocycles. The molecule has 1 amide bonds. The van der Waals surface area contributed by atoms with Gasteiger partial charge < -0.3 is 10.6 Å². The zero-order valence-electron chi connectivity index (χ0n) is 8.62. The lowest BCUT2D eigenvalue weighted by atomic mass is 10.1. The highest BCUT2D eigenvalue weighted by Crippen LogP contribution is 2.25. The molecule has 1 saturated carbocycles. The molecule has 1 aliphatic rings. The van der Waals surface area contributed by atoms with Crippen LogP contribution in [-0.2, 0) is 4.79 Å². The van der Waals surface area contributed by atoms with Crippen molar-refractivity contribution in [3.8, 4) is 0 Å². The summed E-state index contributed by atoms with van der Waals surface area (Å²) in [5, 5.41) is 0. The summed E-state index contributed by atoms with van der Waals surface area (Å²) in [5.74, 6) is 0.507. The lowest BCUT2D eigenvalue weighted by Crippen LogP contribution is -2.35. The van der Waals surface area contributed by atoms with Gasteiger partial charge in [-0.15, -0.1) is 0 Å². The number of nitrogens with two attached hydrogens (primary N) is 1. The Morgan fingerprint density at radius 2 is 2.00 bits per heavy atom. The van der Waals surface area contributed by atoms with Gasteiger partial charge in [-0.1, -0.05) is 0 Å². The van der Waals surface area contributed by atoms with E-state index in [2.05, 4.69) is 0 Å². The normalized spacial score (nSPS) is 27.6. The third kappa shape index (κ3) is 2.44. The van der Waals surface area contributed by atoms with E-state index >= 15 is 0 Å². The lowest BCUT2D eigenvalue weighted by Gasteiger charge is -2.22. The number of carbonyl (C=O) groups excluding carboxylic acids is 1. The van der Waals surface area contributed by atoms with Crippen LogP contribution >= 0.6 is 0 Å². The van der Waals surface area contributed by atoms with E-state index in [1.54, 1.807) is 0 Å². The second-order valence-corrected chi connectivity index (χ2v) is 3.78. The molecule has 3 heteroatoms. The van der Waals surface area contributed by atoms with Crippen LogP contribution in [0.25, 0.3) is 0 Å². The molecule has 0 aromatic carbocycles. The topological polar surface area (TPSA) is 46.3 Å². The predicted octanol–water partition coefficient (Wildman–Crippen LogP) is 0.982. The number of carbonyl (C=O) groups is 1. The first-order valence-electron chi connectivity index (χ1n) is 5.23. The lowest BCUT2D eigenvalue weighted by molar-refractivity contribution is -0.134. The molecule has 76 valence electrons. The van der Waals surface area contributed by atoms with Crippen molar-refractivity contribution >= 4 is 5.91 Å². The second-order valence-electron chi connectivity index (χ2n) is 3.78. The maximum atomic E-state index is 11.8. The van der Waals surface area contributed by atoms with E-state index < -0.39 is 0 Å². The molecule has 1 rings (SSSR count). The fraction of sp³-hybridized carbons (Fsp3) is 0.900. The first-order chi connectivity index (χ1) is 6.19. The van der Waals surface area contributed by atoms with E-state index in [1.165, 1.54) is 0 Å². The highest BCUT2D eigenvalue weighted by Gasteiger charge is 2.29. The largest absolute Gasteiger partial charge is 0.343 e. The van der Waals surface area contributed by atoms with Crippen LogP contribution in [0.2, 0.25) is 0 Å². The standard InChI is InChI=1S/C10H20N2O/c1-3-12(4-2)10(13)8-5-6-9(11)7-8/h8-9H,3-7,11H2,1-2H3/t8-,9+/m1/s1. The van der Waals surface area contributed by atoms with Crippen LogP contribution in [0, 0.1) is 5.92 Å². The van der Waals surface area contributed by atoms with Crippen LogP contribution in [-0.4, -0.2) is 29.9 Å². The van der Waals surface area contributed by atoms with Gasteiger partial charge in [0.25, 0.3) is 0 Å². The average Bonchev–Trinajstić information content (AvgIpc) is 2.54. The van der Waals surface area contributed by atoms with Gasteiger partial charge in [0.15, 0.2) is 0 Å². The fourth-order valence-corrected chi connectivity index (χ4v) is 2.03. The molecule has 0 aromatic rings. The predicted molar refractivity (Wildman–Crippen MR) is 53.2 cm³/mol. The summed E-state index contributed by atoms with van der Waals surface area (Å²) in [5.41, 5.74) is 5.78. The molecule has 0 aliphatic heterocycles. The number of nitrogens with zero attached hydrogens (tertiary/aromatic N) is 1. The number of amides is 1. The Hall–Kier alpha value is -0.570. The highest BCUT2D eigenvalue weighted by atomic mass is 16.2. The van der Waals surface area contributed by atoms with Gasteiger partial charge in [0.2, 0.25) is 5.91 Å². The second kappa shape index (κ2) is 4.61. The molecule has 0 spiro atoms. The van der Waals surface area contributed by atoms with Crippen molar-refractivity contribution < 1.29 is 4.79 Å². The molecule has 0 bridgehead atoms. The Labute approximate surface area is 80.3 Å². The fourth-order valence-electron chi connectivity index (χ4n) is 2.03. The van der Waals surface area contributed by atoms with Gasteiger partial charge in [-0.2, -0.15) is 0 Å². The SMILES string of the molecule is CCN(CC)C(=O)[C@@H]1CC[C@H](N)C1. The van der Waals surface area contributed by atoms with Gasteiger partial charge in [-0.25, -0.2) is 0 Å². The molecule has 0 unspecified atom stereocenters. The van der Waals surface area contributed by atoms with Gasteiger partial charge in [0.1, 0.15) is 0 Å². The van der Waals surface area contributed by atoms with Crippen LogP contribution in [0.3, 0.4) is 0 Å². The monoisotopic (exact) mass is 184 g/mol. The van der Waals surface area contributed by atoms with E-state index in [9.17, 15) is 4.79 Å².